The molecule has 0 saturated heterocycles. The Morgan fingerprint density at radius 2 is 1.96 bits per heavy atom. The second-order valence-corrected chi connectivity index (χ2v) is 6.05. The summed E-state index contributed by atoms with van der Waals surface area (Å²) in [6.45, 7) is 5.54. The second-order valence-electron chi connectivity index (χ2n) is 6.05. The number of hydrogen-bond acceptors (Lipinski definition) is 4. The second kappa shape index (κ2) is 8.80. The van der Waals surface area contributed by atoms with Crippen LogP contribution in [0.4, 0.5) is 17.1 Å². The minimum absolute atomic E-state index is 0.178. The van der Waals surface area contributed by atoms with E-state index in [4.69, 9.17) is 5.73 Å². The van der Waals surface area contributed by atoms with Gasteiger partial charge >= 0.3 is 0 Å². The van der Waals surface area contributed by atoms with Crippen molar-refractivity contribution in [2.24, 2.45) is 11.0 Å². The predicted molar refractivity (Wildman–Crippen MR) is 106 cm³/mol. The molecule has 0 radical (unpaired) electrons. The molecule has 0 heterocycles. The Morgan fingerprint density at radius 3 is 2.58 bits per heavy atom. The van der Waals surface area contributed by atoms with Crippen molar-refractivity contribution in [1.82, 2.24) is 0 Å². The molecule has 0 bridgehead atoms. The lowest BCUT2D eigenvalue weighted by atomic mass is 10.1. The maximum atomic E-state index is 12.5. The van der Waals surface area contributed by atoms with Crippen LogP contribution >= 0.6 is 0 Å². The molecule has 0 spiro atoms. The van der Waals surface area contributed by atoms with Gasteiger partial charge in [0.2, 0.25) is 12.3 Å². The standard InChI is InChI=1S/C20H24N4O2/c1-4-16-6-5-7-18(12-16)22-20(26)14(2)15(3)23-24(13-25)19-10-8-17(21)9-11-19/h5-14H,4,21H2,1-3H3,(H,22,26)/b23-15-. The Balaban J connectivity index is 2.11. The van der Waals surface area contributed by atoms with Gasteiger partial charge in [0, 0.05) is 17.1 Å². The third-order valence-electron chi connectivity index (χ3n) is 4.15. The number of hydrazone groups is 1. The zero-order valence-electron chi connectivity index (χ0n) is 15.3. The van der Waals surface area contributed by atoms with Crippen molar-refractivity contribution in [3.8, 4) is 0 Å². The fourth-order valence-electron chi connectivity index (χ4n) is 2.33. The number of nitrogens with one attached hydrogen (secondary N) is 1. The molecular formula is C20H24N4O2. The highest BCUT2D eigenvalue weighted by atomic mass is 16.2. The molecule has 136 valence electrons. The van der Waals surface area contributed by atoms with Gasteiger partial charge < -0.3 is 11.1 Å². The third kappa shape index (κ3) is 4.92. The summed E-state index contributed by atoms with van der Waals surface area (Å²) in [5.41, 5.74) is 9.26. The molecule has 2 rings (SSSR count). The molecular weight excluding hydrogens is 328 g/mol. The molecule has 1 unspecified atom stereocenters. The molecule has 3 N–H and O–H groups in total. The van der Waals surface area contributed by atoms with E-state index in [9.17, 15) is 9.59 Å². The Bertz CT molecular complexity index is 800. The van der Waals surface area contributed by atoms with E-state index in [0.29, 0.717) is 23.5 Å². The molecule has 0 aliphatic rings. The number of hydrogen-bond donors (Lipinski definition) is 2. The fraction of sp³-hybridized carbons (Fsp3) is 0.250. The zero-order chi connectivity index (χ0) is 19.1. The van der Waals surface area contributed by atoms with Gasteiger partial charge in [0.05, 0.1) is 11.6 Å². The van der Waals surface area contributed by atoms with Crippen LogP contribution in [-0.2, 0) is 16.0 Å². The van der Waals surface area contributed by atoms with E-state index in [1.807, 2.05) is 24.3 Å². The highest BCUT2D eigenvalue weighted by molar-refractivity contribution is 6.08. The van der Waals surface area contributed by atoms with Crippen LogP contribution in [0.5, 0.6) is 0 Å². The largest absolute Gasteiger partial charge is 0.399 e. The SMILES string of the molecule is CCc1cccc(NC(=O)C(C)/C(C)=N\N(C=O)c2ccc(N)cc2)c1. The third-order valence-corrected chi connectivity index (χ3v) is 4.15. The first-order chi connectivity index (χ1) is 12.4. The number of nitrogens with two attached hydrogens (primary N) is 1. The van der Waals surface area contributed by atoms with E-state index in [0.717, 1.165) is 17.7 Å². The number of carbonyl (C=O) groups is 2. The van der Waals surface area contributed by atoms with Crippen molar-refractivity contribution < 1.29 is 9.59 Å². The average molecular weight is 352 g/mol. The monoisotopic (exact) mass is 352 g/mol. The number of nitrogen functional groups attached to an aromatic ring is 1. The van der Waals surface area contributed by atoms with Crippen LogP contribution in [0.2, 0.25) is 0 Å². The zero-order valence-corrected chi connectivity index (χ0v) is 15.3. The maximum absolute atomic E-state index is 12.5. The van der Waals surface area contributed by atoms with Gasteiger partial charge in [0.15, 0.2) is 0 Å². The predicted octanol–water partition coefficient (Wildman–Crippen LogP) is 3.44. The number of carbonyl (C=O) groups excluding carboxylic acids is 2. The minimum Gasteiger partial charge on any atom is -0.399 e. The number of benzene rings is 2. The van der Waals surface area contributed by atoms with Gasteiger partial charge in [0.1, 0.15) is 0 Å². The maximum Gasteiger partial charge on any atom is 0.234 e. The molecule has 6 nitrogen and oxygen atoms in total. The molecule has 1 atom stereocenters. The first kappa shape index (κ1) is 19.2. The summed E-state index contributed by atoms with van der Waals surface area (Å²) in [4.78, 5) is 23.9. The topological polar surface area (TPSA) is 87.8 Å². The summed E-state index contributed by atoms with van der Waals surface area (Å²) < 4.78 is 0. The van der Waals surface area contributed by atoms with E-state index >= 15 is 0 Å². The highest BCUT2D eigenvalue weighted by Crippen LogP contribution is 2.17. The van der Waals surface area contributed by atoms with Crippen LogP contribution in [-0.4, -0.2) is 18.0 Å². The molecule has 2 amide bonds. The Hall–Kier alpha value is -3.15. The lowest BCUT2D eigenvalue weighted by molar-refractivity contribution is -0.117. The van der Waals surface area contributed by atoms with Crippen LogP contribution < -0.4 is 16.1 Å². The summed E-state index contributed by atoms with van der Waals surface area (Å²) in [5.74, 6) is -0.667. The van der Waals surface area contributed by atoms with E-state index in [2.05, 4.69) is 17.3 Å². The molecule has 6 heteroatoms. The fourth-order valence-corrected chi connectivity index (χ4v) is 2.33. The van der Waals surface area contributed by atoms with Gasteiger partial charge in [-0.1, -0.05) is 19.1 Å². The van der Waals surface area contributed by atoms with Crippen LogP contribution in [0.15, 0.2) is 53.6 Å². The van der Waals surface area contributed by atoms with Crippen LogP contribution in [0.25, 0.3) is 0 Å². The number of nitrogens with zero attached hydrogens (tertiary/aromatic N) is 2. The van der Waals surface area contributed by atoms with Crippen LogP contribution in [0.3, 0.4) is 0 Å². The highest BCUT2D eigenvalue weighted by Gasteiger charge is 2.18. The van der Waals surface area contributed by atoms with E-state index in [1.165, 1.54) is 5.01 Å². The average Bonchev–Trinajstić information content (AvgIpc) is 2.66. The molecule has 0 fully saturated rings. The van der Waals surface area contributed by atoms with E-state index < -0.39 is 5.92 Å². The van der Waals surface area contributed by atoms with Gasteiger partial charge in [-0.25, -0.2) is 5.01 Å². The minimum atomic E-state index is -0.489. The molecule has 26 heavy (non-hydrogen) atoms. The molecule has 0 aliphatic carbocycles. The normalized spacial score (nSPS) is 12.3. The van der Waals surface area contributed by atoms with Crippen LogP contribution in [0, 0.1) is 5.92 Å². The Labute approximate surface area is 153 Å². The quantitative estimate of drug-likeness (QED) is 0.346. The lowest BCUT2D eigenvalue weighted by Crippen LogP contribution is -2.28. The van der Waals surface area contributed by atoms with Crippen LogP contribution in [0.1, 0.15) is 26.3 Å². The summed E-state index contributed by atoms with van der Waals surface area (Å²) >= 11 is 0. The molecule has 2 aromatic carbocycles. The molecule has 0 aromatic heterocycles. The molecule has 2 aromatic rings. The Kier molecular flexibility index (Phi) is 6.49. The summed E-state index contributed by atoms with van der Waals surface area (Å²) in [6.07, 6.45) is 1.50. The molecule has 0 aliphatic heterocycles. The Morgan fingerprint density at radius 1 is 1.27 bits per heavy atom. The molecule has 0 saturated carbocycles. The number of rotatable bonds is 7. The van der Waals surface area contributed by atoms with Crippen molar-refractivity contribution >= 4 is 35.1 Å². The number of anilines is 3. The van der Waals surface area contributed by atoms with Crippen molar-refractivity contribution in [2.45, 2.75) is 27.2 Å². The lowest BCUT2D eigenvalue weighted by Gasteiger charge is -2.16. The van der Waals surface area contributed by atoms with Gasteiger partial charge in [-0.15, -0.1) is 0 Å². The van der Waals surface area contributed by atoms with E-state index in [-0.39, 0.29) is 5.91 Å². The van der Waals surface area contributed by atoms with Gasteiger partial charge in [-0.3, -0.25) is 9.59 Å². The smallest absolute Gasteiger partial charge is 0.234 e. The van der Waals surface area contributed by atoms with Gasteiger partial charge in [0.25, 0.3) is 0 Å². The number of amides is 2. The first-order valence-electron chi connectivity index (χ1n) is 8.49. The van der Waals surface area contributed by atoms with Gasteiger partial charge in [-0.2, -0.15) is 5.10 Å². The first-order valence-corrected chi connectivity index (χ1v) is 8.49. The van der Waals surface area contributed by atoms with E-state index in [1.54, 1.807) is 38.1 Å². The summed E-state index contributed by atoms with van der Waals surface area (Å²) in [7, 11) is 0. The summed E-state index contributed by atoms with van der Waals surface area (Å²) in [5, 5.41) is 8.35. The van der Waals surface area contributed by atoms with Crippen molar-refractivity contribution in [2.75, 3.05) is 16.1 Å². The van der Waals surface area contributed by atoms with Crippen molar-refractivity contribution in [3.05, 3.63) is 54.1 Å². The summed E-state index contributed by atoms with van der Waals surface area (Å²) in [6, 6.07) is 14.5. The number of aryl methyl sites for hydroxylation is 1. The van der Waals surface area contributed by atoms with Crippen molar-refractivity contribution in [1.29, 1.82) is 0 Å². The van der Waals surface area contributed by atoms with Gasteiger partial charge in [-0.05, 0) is 62.2 Å². The van der Waals surface area contributed by atoms with Crippen molar-refractivity contribution in [3.63, 3.8) is 0 Å².